The Bertz CT molecular complexity index is 548. The summed E-state index contributed by atoms with van der Waals surface area (Å²) in [6.07, 6.45) is -0.328. The van der Waals surface area contributed by atoms with Crippen molar-refractivity contribution in [3.05, 3.63) is 29.8 Å². The number of hydrogen-bond acceptors (Lipinski definition) is 5. The van der Waals surface area contributed by atoms with Crippen LogP contribution < -0.4 is 0 Å². The second-order valence-electron chi connectivity index (χ2n) is 3.66. The molecule has 0 spiro atoms. The molecule has 92 valence electrons. The van der Waals surface area contributed by atoms with Crippen LogP contribution in [-0.4, -0.2) is 20.1 Å². The molecule has 0 fully saturated rings. The van der Waals surface area contributed by atoms with Gasteiger partial charge in [-0.05, 0) is 31.5 Å². The zero-order chi connectivity index (χ0) is 13.1. The van der Waals surface area contributed by atoms with E-state index in [9.17, 15) is 13.2 Å². The Hall–Kier alpha value is -1.69. The lowest BCUT2D eigenvalue weighted by Gasteiger charge is -2.07. The summed E-state index contributed by atoms with van der Waals surface area (Å²) in [5.74, 6) is -0.895. The standard InChI is InChI=1S/C11H13NO4S/c1-8-4-3-5-10(6-8)17(14,15)16-11(12)7-9(2)13/h3-6,12H,7H2,1-2H3. The SMILES string of the molecule is CC(=O)CC(=N)OS(=O)(=O)c1cccc(C)c1. The molecule has 5 nitrogen and oxygen atoms in total. The molecule has 0 saturated heterocycles. The summed E-state index contributed by atoms with van der Waals surface area (Å²) in [4.78, 5) is 10.7. The van der Waals surface area contributed by atoms with Gasteiger partial charge in [0.15, 0.2) is 0 Å². The summed E-state index contributed by atoms with van der Waals surface area (Å²) in [5.41, 5.74) is 0.771. The van der Waals surface area contributed by atoms with Crippen LogP contribution in [0.2, 0.25) is 0 Å². The van der Waals surface area contributed by atoms with Crippen molar-refractivity contribution in [2.75, 3.05) is 0 Å². The highest BCUT2D eigenvalue weighted by Crippen LogP contribution is 2.14. The number of carbonyl (C=O) groups is 1. The quantitative estimate of drug-likeness (QED) is 0.503. The van der Waals surface area contributed by atoms with E-state index in [0.717, 1.165) is 5.56 Å². The summed E-state index contributed by atoms with van der Waals surface area (Å²) < 4.78 is 27.9. The number of carbonyl (C=O) groups excluding carboxylic acids is 1. The monoisotopic (exact) mass is 255 g/mol. The predicted molar refractivity (Wildman–Crippen MR) is 62.5 cm³/mol. The minimum Gasteiger partial charge on any atom is -0.363 e. The van der Waals surface area contributed by atoms with Crippen LogP contribution >= 0.6 is 0 Å². The van der Waals surface area contributed by atoms with E-state index in [1.807, 2.05) is 0 Å². The summed E-state index contributed by atoms with van der Waals surface area (Å²) >= 11 is 0. The second kappa shape index (κ2) is 5.09. The number of ketones is 1. The first kappa shape index (κ1) is 13.4. The number of hydrogen-bond donors (Lipinski definition) is 1. The molecule has 17 heavy (non-hydrogen) atoms. The topological polar surface area (TPSA) is 84.3 Å². The smallest absolute Gasteiger partial charge is 0.340 e. The van der Waals surface area contributed by atoms with E-state index in [0.29, 0.717) is 0 Å². The molecule has 0 aromatic heterocycles. The minimum atomic E-state index is -4.00. The van der Waals surface area contributed by atoms with Gasteiger partial charge < -0.3 is 4.18 Å². The first-order valence-corrected chi connectivity index (χ1v) is 6.30. The molecule has 0 aliphatic rings. The van der Waals surface area contributed by atoms with Crippen molar-refractivity contribution in [3.8, 4) is 0 Å². The molecule has 6 heteroatoms. The van der Waals surface area contributed by atoms with E-state index >= 15 is 0 Å². The fraction of sp³-hybridized carbons (Fsp3) is 0.273. The van der Waals surface area contributed by atoms with Crippen LogP contribution in [0.25, 0.3) is 0 Å². The Kier molecular flexibility index (Phi) is 4.01. The summed E-state index contributed by atoms with van der Waals surface area (Å²) in [6, 6.07) is 6.15. The first-order valence-electron chi connectivity index (χ1n) is 4.89. The Balaban J connectivity index is 2.90. The van der Waals surface area contributed by atoms with Crippen molar-refractivity contribution in [1.29, 1.82) is 5.41 Å². The van der Waals surface area contributed by atoms with Gasteiger partial charge in [0, 0.05) is 0 Å². The Morgan fingerprint density at radius 2 is 2.06 bits per heavy atom. The number of nitrogens with one attached hydrogen (secondary N) is 1. The van der Waals surface area contributed by atoms with Crippen molar-refractivity contribution in [2.24, 2.45) is 0 Å². The maximum atomic E-state index is 11.7. The maximum Gasteiger partial charge on any atom is 0.340 e. The fourth-order valence-electron chi connectivity index (χ4n) is 1.21. The third-order valence-electron chi connectivity index (χ3n) is 1.90. The van der Waals surface area contributed by atoms with Crippen LogP contribution in [0.15, 0.2) is 29.2 Å². The first-order chi connectivity index (χ1) is 7.81. The van der Waals surface area contributed by atoms with Gasteiger partial charge in [-0.15, -0.1) is 0 Å². The van der Waals surface area contributed by atoms with Gasteiger partial charge >= 0.3 is 10.1 Å². The Labute approximate surface area is 100 Å². The molecule has 0 unspecified atom stereocenters. The van der Waals surface area contributed by atoms with E-state index in [1.165, 1.54) is 19.1 Å². The largest absolute Gasteiger partial charge is 0.363 e. The average molecular weight is 255 g/mol. The van der Waals surface area contributed by atoms with Crippen LogP contribution in [0.3, 0.4) is 0 Å². The minimum absolute atomic E-state index is 0.0224. The molecular formula is C11H13NO4S. The molecule has 1 aromatic rings. The predicted octanol–water partition coefficient (Wildman–Crippen LogP) is 1.66. The molecule has 0 bridgehead atoms. The van der Waals surface area contributed by atoms with Crippen molar-refractivity contribution in [3.63, 3.8) is 0 Å². The summed E-state index contributed by atoms with van der Waals surface area (Å²) in [5, 5.41) is 7.26. The number of aryl methyl sites for hydroxylation is 1. The van der Waals surface area contributed by atoms with Gasteiger partial charge in [0.25, 0.3) is 0 Å². The summed E-state index contributed by atoms with van der Waals surface area (Å²) in [6.45, 7) is 3.01. The lowest BCUT2D eigenvalue weighted by atomic mass is 10.2. The van der Waals surface area contributed by atoms with Crippen LogP contribution in [0.5, 0.6) is 0 Å². The van der Waals surface area contributed by atoms with Crippen LogP contribution in [0, 0.1) is 12.3 Å². The van der Waals surface area contributed by atoms with E-state index in [1.54, 1.807) is 19.1 Å². The second-order valence-corrected chi connectivity index (χ2v) is 5.20. The van der Waals surface area contributed by atoms with Crippen molar-refractivity contribution in [1.82, 2.24) is 0 Å². The third kappa shape index (κ3) is 3.99. The van der Waals surface area contributed by atoms with Gasteiger partial charge in [-0.25, -0.2) is 0 Å². The van der Waals surface area contributed by atoms with Gasteiger partial charge in [-0.3, -0.25) is 10.2 Å². The molecular weight excluding hydrogens is 242 g/mol. The van der Waals surface area contributed by atoms with E-state index < -0.39 is 16.0 Å². The van der Waals surface area contributed by atoms with Crippen molar-refractivity contribution >= 4 is 21.8 Å². The molecule has 1 N–H and O–H groups in total. The number of Topliss-reactive ketones (excluding diaryl/α,β-unsaturated/α-hetero) is 1. The van der Waals surface area contributed by atoms with Crippen LogP contribution in [0.1, 0.15) is 18.9 Å². The molecule has 0 aliphatic carbocycles. The van der Waals surface area contributed by atoms with Gasteiger partial charge in [-0.2, -0.15) is 8.42 Å². The molecule has 0 saturated carbocycles. The van der Waals surface area contributed by atoms with Gasteiger partial charge in [0.05, 0.1) is 6.42 Å². The fourth-order valence-corrected chi connectivity index (χ4v) is 2.20. The van der Waals surface area contributed by atoms with Crippen LogP contribution in [0.4, 0.5) is 0 Å². The molecule has 0 radical (unpaired) electrons. The normalized spacial score (nSPS) is 10.9. The molecule has 0 atom stereocenters. The van der Waals surface area contributed by atoms with Gasteiger partial charge in [0.2, 0.25) is 5.90 Å². The molecule has 1 aromatic carbocycles. The highest BCUT2D eigenvalue weighted by molar-refractivity contribution is 7.87. The van der Waals surface area contributed by atoms with Crippen molar-refractivity contribution in [2.45, 2.75) is 25.2 Å². The zero-order valence-corrected chi connectivity index (χ0v) is 10.4. The summed E-state index contributed by atoms with van der Waals surface area (Å²) in [7, 11) is -4.00. The molecule has 0 heterocycles. The highest BCUT2D eigenvalue weighted by atomic mass is 32.2. The van der Waals surface area contributed by atoms with Gasteiger partial charge in [-0.1, -0.05) is 12.1 Å². The lowest BCUT2D eigenvalue weighted by Crippen LogP contribution is -2.15. The highest BCUT2D eigenvalue weighted by Gasteiger charge is 2.18. The third-order valence-corrected chi connectivity index (χ3v) is 3.15. The zero-order valence-electron chi connectivity index (χ0n) is 9.56. The molecule has 0 aliphatic heterocycles. The van der Waals surface area contributed by atoms with E-state index in [2.05, 4.69) is 4.18 Å². The number of benzene rings is 1. The lowest BCUT2D eigenvalue weighted by molar-refractivity contribution is -0.116. The maximum absolute atomic E-state index is 11.7. The van der Waals surface area contributed by atoms with E-state index in [4.69, 9.17) is 5.41 Å². The Morgan fingerprint density at radius 1 is 1.41 bits per heavy atom. The molecule has 0 amide bonds. The van der Waals surface area contributed by atoms with Gasteiger partial charge in [0.1, 0.15) is 10.7 Å². The molecule has 1 rings (SSSR count). The number of rotatable bonds is 4. The van der Waals surface area contributed by atoms with E-state index in [-0.39, 0.29) is 17.1 Å². The van der Waals surface area contributed by atoms with Crippen LogP contribution in [-0.2, 0) is 19.1 Å². The average Bonchev–Trinajstić information content (AvgIpc) is 2.15. The van der Waals surface area contributed by atoms with Crippen molar-refractivity contribution < 1.29 is 17.4 Å². The Morgan fingerprint density at radius 3 is 2.59 bits per heavy atom.